The summed E-state index contributed by atoms with van der Waals surface area (Å²) in [6, 6.07) is 13.9. The lowest BCUT2D eigenvalue weighted by molar-refractivity contribution is -0.159. The van der Waals surface area contributed by atoms with Crippen LogP contribution in [0.15, 0.2) is 54.9 Å². The standard InChI is InChI=1S/C14H12N2O.C2H2O4/c1-17-13-8-3-2-7-12(13)14-15-10-11-6-4-5-9-16(11)14;3-1(4)2(5)6/h2-10H,1H3;(H,3,4)(H,5,6). The molecule has 0 spiro atoms. The van der Waals surface area contributed by atoms with E-state index >= 15 is 0 Å². The highest BCUT2D eigenvalue weighted by atomic mass is 16.5. The van der Waals surface area contributed by atoms with Crippen LogP contribution in [0.25, 0.3) is 16.9 Å². The Kier molecular flexibility index (Phi) is 4.93. The van der Waals surface area contributed by atoms with Gasteiger partial charge in [0.15, 0.2) is 0 Å². The fraction of sp³-hybridized carbons (Fsp3) is 0.0625. The zero-order valence-electron chi connectivity index (χ0n) is 12.2. The molecule has 0 atom stereocenters. The average molecular weight is 314 g/mol. The van der Waals surface area contributed by atoms with Gasteiger partial charge in [0.25, 0.3) is 0 Å². The minimum absolute atomic E-state index is 0.837. The zero-order valence-corrected chi connectivity index (χ0v) is 12.2. The van der Waals surface area contributed by atoms with E-state index in [4.69, 9.17) is 24.5 Å². The number of imidazole rings is 1. The number of para-hydroxylation sites is 1. The van der Waals surface area contributed by atoms with Crippen molar-refractivity contribution in [2.24, 2.45) is 0 Å². The molecule has 0 bridgehead atoms. The molecule has 0 aliphatic heterocycles. The van der Waals surface area contributed by atoms with Crippen molar-refractivity contribution in [3.8, 4) is 17.1 Å². The lowest BCUT2D eigenvalue weighted by atomic mass is 10.2. The molecule has 0 saturated heterocycles. The van der Waals surface area contributed by atoms with Crippen LogP contribution in [0, 0.1) is 0 Å². The summed E-state index contributed by atoms with van der Waals surface area (Å²) in [7, 11) is 1.68. The first-order chi connectivity index (χ1) is 11.0. The number of fused-ring (bicyclic) bond motifs is 1. The molecule has 0 radical (unpaired) electrons. The van der Waals surface area contributed by atoms with Gasteiger partial charge in [0.05, 0.1) is 24.4 Å². The Bertz CT molecular complexity index is 829. The normalized spacial score (nSPS) is 9.78. The molecule has 0 aliphatic rings. The second-order valence-electron chi connectivity index (χ2n) is 4.39. The van der Waals surface area contributed by atoms with Crippen LogP contribution in [-0.2, 0) is 9.59 Å². The molecular weight excluding hydrogens is 300 g/mol. The van der Waals surface area contributed by atoms with Crippen LogP contribution < -0.4 is 4.74 Å². The van der Waals surface area contributed by atoms with Gasteiger partial charge in [0.1, 0.15) is 11.6 Å². The van der Waals surface area contributed by atoms with Crippen molar-refractivity contribution in [2.75, 3.05) is 7.11 Å². The second kappa shape index (κ2) is 7.08. The maximum atomic E-state index is 9.10. The number of aliphatic carboxylic acids is 2. The number of carbonyl (C=O) groups is 2. The molecule has 0 unspecified atom stereocenters. The Morgan fingerprint density at radius 1 is 1.04 bits per heavy atom. The van der Waals surface area contributed by atoms with Gasteiger partial charge < -0.3 is 14.9 Å². The predicted octanol–water partition coefficient (Wildman–Crippen LogP) is 2.17. The third kappa shape index (κ3) is 3.65. The number of pyridine rings is 1. The highest BCUT2D eigenvalue weighted by Crippen LogP contribution is 2.28. The van der Waals surface area contributed by atoms with Gasteiger partial charge in [0, 0.05) is 6.20 Å². The number of hydrogen-bond acceptors (Lipinski definition) is 4. The third-order valence-corrected chi connectivity index (χ3v) is 2.97. The van der Waals surface area contributed by atoms with Gasteiger partial charge in [-0.25, -0.2) is 14.6 Å². The van der Waals surface area contributed by atoms with Gasteiger partial charge in [-0.1, -0.05) is 18.2 Å². The summed E-state index contributed by atoms with van der Waals surface area (Å²) in [5.74, 6) is -1.91. The smallest absolute Gasteiger partial charge is 0.414 e. The lowest BCUT2D eigenvalue weighted by Crippen LogP contribution is -2.09. The Hall–Kier alpha value is -3.35. The van der Waals surface area contributed by atoms with E-state index < -0.39 is 11.9 Å². The summed E-state index contributed by atoms with van der Waals surface area (Å²) >= 11 is 0. The molecule has 2 aromatic heterocycles. The minimum atomic E-state index is -1.82. The number of carboxylic acids is 2. The van der Waals surface area contributed by atoms with Crippen LogP contribution in [0.1, 0.15) is 0 Å². The van der Waals surface area contributed by atoms with Crippen molar-refractivity contribution in [2.45, 2.75) is 0 Å². The maximum Gasteiger partial charge on any atom is 0.414 e. The highest BCUT2D eigenvalue weighted by molar-refractivity contribution is 6.27. The molecule has 0 amide bonds. The van der Waals surface area contributed by atoms with Crippen LogP contribution >= 0.6 is 0 Å². The Labute approximate surface area is 131 Å². The Morgan fingerprint density at radius 2 is 1.70 bits per heavy atom. The van der Waals surface area contributed by atoms with Crippen LogP contribution in [0.2, 0.25) is 0 Å². The fourth-order valence-corrected chi connectivity index (χ4v) is 1.97. The number of carboxylic acid groups (broad SMARTS) is 2. The zero-order chi connectivity index (χ0) is 16.8. The number of methoxy groups -OCH3 is 1. The first-order valence-electron chi connectivity index (χ1n) is 6.56. The third-order valence-electron chi connectivity index (χ3n) is 2.97. The highest BCUT2D eigenvalue weighted by Gasteiger charge is 2.10. The van der Waals surface area contributed by atoms with E-state index in [-0.39, 0.29) is 0 Å². The van der Waals surface area contributed by atoms with Crippen molar-refractivity contribution in [3.63, 3.8) is 0 Å². The molecule has 2 heterocycles. The van der Waals surface area contributed by atoms with Crippen LogP contribution in [-0.4, -0.2) is 38.6 Å². The topological polar surface area (TPSA) is 101 Å². The largest absolute Gasteiger partial charge is 0.496 e. The quantitative estimate of drug-likeness (QED) is 0.703. The lowest BCUT2D eigenvalue weighted by Gasteiger charge is -2.06. The number of benzene rings is 1. The van der Waals surface area contributed by atoms with Gasteiger partial charge in [-0.3, -0.25) is 4.40 Å². The van der Waals surface area contributed by atoms with Gasteiger partial charge in [-0.2, -0.15) is 0 Å². The summed E-state index contributed by atoms with van der Waals surface area (Å²) in [5, 5.41) is 14.8. The van der Waals surface area contributed by atoms with Crippen LogP contribution in [0.3, 0.4) is 0 Å². The van der Waals surface area contributed by atoms with E-state index in [0.29, 0.717) is 0 Å². The molecule has 23 heavy (non-hydrogen) atoms. The van der Waals surface area contributed by atoms with Crippen LogP contribution in [0.4, 0.5) is 0 Å². The summed E-state index contributed by atoms with van der Waals surface area (Å²) in [6.45, 7) is 0. The fourth-order valence-electron chi connectivity index (χ4n) is 1.97. The van der Waals surface area contributed by atoms with Crippen molar-refractivity contribution in [1.82, 2.24) is 9.38 Å². The van der Waals surface area contributed by atoms with E-state index in [0.717, 1.165) is 22.7 Å². The van der Waals surface area contributed by atoms with Gasteiger partial charge in [-0.15, -0.1) is 0 Å². The Balaban J connectivity index is 0.000000277. The summed E-state index contributed by atoms with van der Waals surface area (Å²) in [5.41, 5.74) is 2.08. The molecule has 118 valence electrons. The average Bonchev–Trinajstić information content (AvgIpc) is 2.99. The molecule has 3 aromatic rings. The molecule has 0 aliphatic carbocycles. The summed E-state index contributed by atoms with van der Waals surface area (Å²) in [4.78, 5) is 22.7. The Morgan fingerprint density at radius 3 is 2.35 bits per heavy atom. The first-order valence-corrected chi connectivity index (χ1v) is 6.56. The first kappa shape index (κ1) is 16.0. The van der Waals surface area contributed by atoms with Gasteiger partial charge in [0.2, 0.25) is 0 Å². The molecule has 7 nitrogen and oxygen atoms in total. The molecule has 2 N–H and O–H groups in total. The number of hydrogen-bond donors (Lipinski definition) is 2. The predicted molar refractivity (Wildman–Crippen MR) is 82.5 cm³/mol. The van der Waals surface area contributed by atoms with Crippen molar-refractivity contribution in [1.29, 1.82) is 0 Å². The van der Waals surface area contributed by atoms with Gasteiger partial charge in [-0.05, 0) is 24.3 Å². The van der Waals surface area contributed by atoms with Crippen molar-refractivity contribution in [3.05, 3.63) is 54.9 Å². The van der Waals surface area contributed by atoms with E-state index in [2.05, 4.69) is 9.38 Å². The van der Waals surface area contributed by atoms with Crippen molar-refractivity contribution < 1.29 is 24.5 Å². The van der Waals surface area contributed by atoms with E-state index in [9.17, 15) is 0 Å². The molecule has 3 rings (SSSR count). The van der Waals surface area contributed by atoms with Crippen LogP contribution in [0.5, 0.6) is 5.75 Å². The second-order valence-corrected chi connectivity index (χ2v) is 4.39. The number of nitrogens with zero attached hydrogens (tertiary/aromatic N) is 2. The molecule has 0 saturated carbocycles. The number of rotatable bonds is 2. The molecule has 7 heteroatoms. The van der Waals surface area contributed by atoms with E-state index in [1.165, 1.54) is 0 Å². The molecular formula is C16H14N2O5. The number of aromatic nitrogens is 2. The monoisotopic (exact) mass is 314 g/mol. The molecule has 1 aromatic carbocycles. The van der Waals surface area contributed by atoms with E-state index in [1.807, 2.05) is 54.9 Å². The number of ether oxygens (including phenoxy) is 1. The molecule has 0 fully saturated rings. The summed E-state index contributed by atoms with van der Waals surface area (Å²) < 4.78 is 7.42. The van der Waals surface area contributed by atoms with Crippen molar-refractivity contribution >= 4 is 17.5 Å². The minimum Gasteiger partial charge on any atom is -0.496 e. The SMILES string of the molecule is COc1ccccc1-c1ncc2ccccn12.O=C(O)C(=O)O. The van der Waals surface area contributed by atoms with E-state index in [1.54, 1.807) is 7.11 Å². The summed E-state index contributed by atoms with van der Waals surface area (Å²) in [6.07, 6.45) is 3.87. The maximum absolute atomic E-state index is 9.10. The van der Waals surface area contributed by atoms with Gasteiger partial charge >= 0.3 is 11.9 Å².